The van der Waals surface area contributed by atoms with Gasteiger partial charge in [-0.05, 0) is 40.5 Å². The van der Waals surface area contributed by atoms with Gasteiger partial charge in [0.25, 0.3) is 0 Å². The van der Waals surface area contributed by atoms with E-state index in [0.717, 1.165) is 0 Å². The van der Waals surface area contributed by atoms with Crippen LogP contribution in [0.4, 0.5) is 4.79 Å². The van der Waals surface area contributed by atoms with Crippen LogP contribution in [0.2, 0.25) is 0 Å². The Bertz CT molecular complexity index is 626. The van der Waals surface area contributed by atoms with E-state index >= 15 is 0 Å². The van der Waals surface area contributed by atoms with Gasteiger partial charge in [-0.3, -0.25) is 0 Å². The van der Waals surface area contributed by atoms with Crippen molar-refractivity contribution in [1.82, 2.24) is 10.5 Å². The highest BCUT2D eigenvalue weighted by atomic mass is 32.2. The highest BCUT2D eigenvalue weighted by molar-refractivity contribution is 7.90. The fourth-order valence-corrected chi connectivity index (χ4v) is 2.87. The van der Waals surface area contributed by atoms with Crippen molar-refractivity contribution >= 4 is 16.1 Å². The van der Waals surface area contributed by atoms with Gasteiger partial charge in [-0.2, -0.15) is 0 Å². The molecule has 22 heavy (non-hydrogen) atoms. The lowest BCUT2D eigenvalue weighted by Gasteiger charge is -2.16. The Morgan fingerprint density at radius 2 is 2.05 bits per heavy atom. The third-order valence-electron chi connectivity index (χ3n) is 3.07. The number of hydrogen-bond acceptors (Lipinski definition) is 5. The topological polar surface area (TPSA) is 136 Å². The minimum absolute atomic E-state index is 0.328. The summed E-state index contributed by atoms with van der Waals surface area (Å²) in [5.74, 6) is 0.685. The van der Waals surface area contributed by atoms with Crippen molar-refractivity contribution in [2.45, 2.75) is 57.2 Å². The Hall–Kier alpha value is -1.61. The molecule has 1 saturated carbocycles. The van der Waals surface area contributed by atoms with Crippen molar-refractivity contribution in [3.05, 3.63) is 17.5 Å². The van der Waals surface area contributed by atoms with Gasteiger partial charge >= 0.3 is 6.09 Å². The summed E-state index contributed by atoms with van der Waals surface area (Å²) in [5, 5.41) is 19.3. The van der Waals surface area contributed by atoms with Crippen LogP contribution in [0.15, 0.2) is 10.6 Å². The Kier molecular flexibility index (Phi) is 5.24. The molecule has 1 heterocycles. The van der Waals surface area contributed by atoms with Gasteiger partial charge in [0.05, 0.1) is 10.4 Å². The van der Waals surface area contributed by atoms with E-state index in [4.69, 9.17) is 14.8 Å². The van der Waals surface area contributed by atoms with Gasteiger partial charge in [0, 0.05) is 18.0 Å². The highest BCUT2D eigenvalue weighted by Crippen LogP contribution is 2.44. The number of nitrogens with one attached hydrogen (secondary N) is 1. The average molecular weight is 333 g/mol. The Morgan fingerprint density at radius 1 is 1.50 bits per heavy atom. The molecule has 4 N–H and O–H groups in total. The Labute approximate surface area is 130 Å². The van der Waals surface area contributed by atoms with E-state index in [-0.39, 0.29) is 5.54 Å². The molecule has 0 spiro atoms. The third kappa shape index (κ3) is 5.64. The van der Waals surface area contributed by atoms with Gasteiger partial charge in [0.2, 0.25) is 10.0 Å². The lowest BCUT2D eigenvalue weighted by atomic mass is 10.1. The molecule has 0 bridgehead atoms. The lowest BCUT2D eigenvalue weighted by molar-refractivity contribution is 0.184. The van der Waals surface area contributed by atoms with Crippen molar-refractivity contribution in [2.75, 3.05) is 0 Å². The minimum Gasteiger partial charge on any atom is -0.465 e. The van der Waals surface area contributed by atoms with E-state index in [1.54, 1.807) is 33.8 Å². The first-order valence-corrected chi connectivity index (χ1v) is 8.35. The standard InChI is InChI=1S/C8H12N2O3S.C5H11NO2/c1-6-4-7(10-13-6)5-8(2-3-8)14(9,11)12;1-5(2,3)6-4(7)8/h4H,2-3,5H2,1H3,(H2,9,11,12);6H,1-3H3,(H,7,8). The van der Waals surface area contributed by atoms with Crippen LogP contribution in [-0.4, -0.2) is 35.1 Å². The first kappa shape index (κ1) is 18.4. The van der Waals surface area contributed by atoms with Crippen LogP contribution >= 0.6 is 0 Å². The summed E-state index contributed by atoms with van der Waals surface area (Å²) in [7, 11) is -3.46. The van der Waals surface area contributed by atoms with Gasteiger partial charge in [0.1, 0.15) is 5.76 Å². The van der Waals surface area contributed by atoms with E-state index < -0.39 is 20.9 Å². The van der Waals surface area contributed by atoms with Crippen LogP contribution in [0.1, 0.15) is 45.1 Å². The van der Waals surface area contributed by atoms with Crippen LogP contribution < -0.4 is 10.5 Å². The molecule has 0 saturated heterocycles. The molecule has 1 aromatic heterocycles. The Balaban J connectivity index is 0.000000261. The number of primary sulfonamides is 1. The van der Waals surface area contributed by atoms with Crippen LogP contribution in [0, 0.1) is 6.92 Å². The molecule has 0 atom stereocenters. The smallest absolute Gasteiger partial charge is 0.405 e. The first-order chi connectivity index (χ1) is 9.85. The van der Waals surface area contributed by atoms with E-state index in [1.807, 2.05) is 0 Å². The fourth-order valence-electron chi connectivity index (χ4n) is 1.85. The molecule has 0 radical (unpaired) electrons. The summed E-state index contributed by atoms with van der Waals surface area (Å²) >= 11 is 0. The zero-order chi connectivity index (χ0) is 17.2. The maximum absolute atomic E-state index is 11.2. The molecule has 1 aromatic rings. The average Bonchev–Trinajstić information content (AvgIpc) is 2.93. The fraction of sp³-hybridized carbons (Fsp3) is 0.692. The second kappa shape index (κ2) is 6.25. The number of rotatable bonds is 3. The lowest BCUT2D eigenvalue weighted by Crippen LogP contribution is -2.39. The predicted molar refractivity (Wildman–Crippen MR) is 80.9 cm³/mol. The normalized spacial score (nSPS) is 16.4. The summed E-state index contributed by atoms with van der Waals surface area (Å²) in [6.07, 6.45) is 0.635. The maximum atomic E-state index is 11.2. The van der Waals surface area contributed by atoms with Crippen molar-refractivity contribution in [1.29, 1.82) is 0 Å². The number of nitrogens with zero attached hydrogens (tertiary/aromatic N) is 1. The van der Waals surface area contributed by atoms with Crippen molar-refractivity contribution < 1.29 is 22.8 Å². The molecule has 0 unspecified atom stereocenters. The zero-order valence-corrected chi connectivity index (χ0v) is 14.0. The molecule has 0 aliphatic heterocycles. The second-order valence-electron chi connectivity index (χ2n) is 6.51. The highest BCUT2D eigenvalue weighted by Gasteiger charge is 2.53. The molecular formula is C13H23N3O5S. The number of aryl methyl sites for hydroxylation is 1. The number of carbonyl (C=O) groups is 1. The van der Waals surface area contributed by atoms with Gasteiger partial charge in [-0.25, -0.2) is 18.4 Å². The molecule has 0 aromatic carbocycles. The number of sulfonamides is 1. The summed E-state index contributed by atoms with van der Waals surface area (Å²) in [5.41, 5.74) is 0.334. The molecular weight excluding hydrogens is 310 g/mol. The molecule has 126 valence electrons. The third-order valence-corrected chi connectivity index (χ3v) is 4.83. The predicted octanol–water partition coefficient (Wildman–Crippen LogP) is 1.40. The van der Waals surface area contributed by atoms with E-state index in [2.05, 4.69) is 10.5 Å². The van der Waals surface area contributed by atoms with E-state index in [9.17, 15) is 13.2 Å². The molecule has 9 heteroatoms. The summed E-state index contributed by atoms with van der Waals surface area (Å²) in [6, 6.07) is 1.74. The van der Waals surface area contributed by atoms with Gasteiger partial charge in [-0.15, -0.1) is 0 Å². The van der Waals surface area contributed by atoms with E-state index in [1.165, 1.54) is 0 Å². The van der Waals surface area contributed by atoms with Gasteiger partial charge in [-0.1, -0.05) is 5.16 Å². The molecule has 1 fully saturated rings. The quantitative estimate of drug-likeness (QED) is 0.765. The van der Waals surface area contributed by atoms with E-state index in [0.29, 0.717) is 30.7 Å². The van der Waals surface area contributed by atoms with Crippen LogP contribution in [0.25, 0.3) is 0 Å². The molecule has 1 amide bonds. The largest absolute Gasteiger partial charge is 0.465 e. The minimum atomic E-state index is -3.46. The number of carboxylic acid groups (broad SMARTS) is 1. The molecule has 8 nitrogen and oxygen atoms in total. The SMILES string of the molecule is CC(C)(C)NC(=O)O.Cc1cc(CC2(S(N)(=O)=O)CC2)no1. The Morgan fingerprint density at radius 3 is 2.27 bits per heavy atom. The summed E-state index contributed by atoms with van der Waals surface area (Å²) in [6.45, 7) is 7.15. The van der Waals surface area contributed by atoms with Gasteiger partial charge < -0.3 is 14.9 Å². The van der Waals surface area contributed by atoms with Gasteiger partial charge in [0.15, 0.2) is 0 Å². The maximum Gasteiger partial charge on any atom is 0.405 e. The molecule has 1 aliphatic carbocycles. The zero-order valence-electron chi connectivity index (χ0n) is 13.2. The molecule has 2 rings (SSSR count). The number of nitrogens with two attached hydrogens (primary N) is 1. The number of hydrogen-bond donors (Lipinski definition) is 3. The van der Waals surface area contributed by atoms with Crippen molar-refractivity contribution in [3.8, 4) is 0 Å². The van der Waals surface area contributed by atoms with Crippen molar-refractivity contribution in [3.63, 3.8) is 0 Å². The summed E-state index contributed by atoms with van der Waals surface area (Å²) in [4.78, 5) is 9.90. The van der Waals surface area contributed by atoms with Crippen LogP contribution in [-0.2, 0) is 16.4 Å². The van der Waals surface area contributed by atoms with Crippen molar-refractivity contribution in [2.24, 2.45) is 5.14 Å². The first-order valence-electron chi connectivity index (χ1n) is 6.80. The monoisotopic (exact) mass is 333 g/mol. The number of amides is 1. The molecule has 1 aliphatic rings. The summed E-state index contributed by atoms with van der Waals surface area (Å²) < 4.78 is 26.6. The number of aromatic nitrogens is 1. The van der Waals surface area contributed by atoms with Crippen LogP contribution in [0.5, 0.6) is 0 Å². The van der Waals surface area contributed by atoms with Crippen LogP contribution in [0.3, 0.4) is 0 Å². The second-order valence-corrected chi connectivity index (χ2v) is 8.47.